The van der Waals surface area contributed by atoms with Crippen LogP contribution in [0.15, 0.2) is 60.1 Å². The summed E-state index contributed by atoms with van der Waals surface area (Å²) in [6.07, 6.45) is 5.35. The van der Waals surface area contributed by atoms with Crippen molar-refractivity contribution in [3.05, 3.63) is 71.3 Å². The summed E-state index contributed by atoms with van der Waals surface area (Å²) in [6, 6.07) is 11.7. The fraction of sp³-hybridized carbons (Fsp3) is 0.227. The molecule has 0 atom stereocenters. The van der Waals surface area contributed by atoms with E-state index >= 15 is 0 Å². The number of carbonyl (C=O) groups excluding carboxylic acids is 1. The third kappa shape index (κ3) is 5.35. The number of amides is 1. The first-order valence-electron chi connectivity index (χ1n) is 10.1. The van der Waals surface area contributed by atoms with Crippen molar-refractivity contribution in [2.75, 3.05) is 11.1 Å². The van der Waals surface area contributed by atoms with Gasteiger partial charge in [0, 0.05) is 30.7 Å². The van der Waals surface area contributed by atoms with Crippen molar-refractivity contribution in [2.45, 2.75) is 32.1 Å². The summed E-state index contributed by atoms with van der Waals surface area (Å²) < 4.78 is 3.57. The van der Waals surface area contributed by atoms with Crippen molar-refractivity contribution in [3.8, 4) is 11.3 Å². The van der Waals surface area contributed by atoms with Crippen LogP contribution in [0, 0.1) is 6.92 Å². The average molecular weight is 468 g/mol. The van der Waals surface area contributed by atoms with Gasteiger partial charge in [-0.2, -0.15) is 10.2 Å². The Morgan fingerprint density at radius 1 is 1.12 bits per heavy atom. The highest BCUT2D eigenvalue weighted by Gasteiger charge is 2.14. The molecule has 0 radical (unpaired) electrons. The van der Waals surface area contributed by atoms with Crippen molar-refractivity contribution in [1.82, 2.24) is 29.5 Å². The second-order valence-corrected chi connectivity index (χ2v) is 8.40. The zero-order valence-corrected chi connectivity index (χ0v) is 19.3. The van der Waals surface area contributed by atoms with E-state index < -0.39 is 0 Å². The van der Waals surface area contributed by atoms with Crippen molar-refractivity contribution in [3.63, 3.8) is 0 Å². The van der Waals surface area contributed by atoms with E-state index in [1.807, 2.05) is 61.1 Å². The first-order chi connectivity index (χ1) is 15.5. The topological polar surface area (TPSA) is 90.5 Å². The number of rotatable bonds is 8. The molecule has 0 aliphatic rings. The Kier molecular flexibility index (Phi) is 6.87. The molecule has 3 aromatic heterocycles. The standard InChI is InChI=1S/C22H22ClN7OS/c1-3-29-12-17(15(2)27-29)19-9-10-24-22(25-19)32-14-20(31)26-21-18(23)13-30(28-21)11-16-7-5-4-6-8-16/h4-10,12-13H,3,11,14H2,1-2H3,(H,26,28,31). The molecule has 1 amide bonds. The fourth-order valence-electron chi connectivity index (χ4n) is 3.12. The second-order valence-electron chi connectivity index (χ2n) is 7.05. The minimum Gasteiger partial charge on any atom is -0.307 e. The minimum absolute atomic E-state index is 0.137. The van der Waals surface area contributed by atoms with Crippen LogP contribution in [0.1, 0.15) is 18.2 Å². The van der Waals surface area contributed by atoms with E-state index in [4.69, 9.17) is 11.6 Å². The van der Waals surface area contributed by atoms with Crippen LogP contribution in [0.5, 0.6) is 0 Å². The van der Waals surface area contributed by atoms with Gasteiger partial charge in [-0.15, -0.1) is 0 Å². The van der Waals surface area contributed by atoms with Crippen LogP contribution < -0.4 is 5.32 Å². The van der Waals surface area contributed by atoms with Gasteiger partial charge < -0.3 is 5.32 Å². The van der Waals surface area contributed by atoms with E-state index in [0.717, 1.165) is 29.1 Å². The van der Waals surface area contributed by atoms with Crippen molar-refractivity contribution < 1.29 is 4.79 Å². The summed E-state index contributed by atoms with van der Waals surface area (Å²) >= 11 is 7.50. The van der Waals surface area contributed by atoms with Crippen LogP contribution in [0.25, 0.3) is 11.3 Å². The molecule has 0 saturated heterocycles. The highest BCUT2D eigenvalue weighted by Crippen LogP contribution is 2.24. The highest BCUT2D eigenvalue weighted by molar-refractivity contribution is 7.99. The predicted octanol–water partition coefficient (Wildman–Crippen LogP) is 4.30. The molecule has 0 aliphatic heterocycles. The molecule has 10 heteroatoms. The number of hydrogen-bond donors (Lipinski definition) is 1. The van der Waals surface area contributed by atoms with Gasteiger partial charge in [0.1, 0.15) is 5.02 Å². The van der Waals surface area contributed by atoms with Gasteiger partial charge in [-0.05, 0) is 25.5 Å². The van der Waals surface area contributed by atoms with Gasteiger partial charge in [0.2, 0.25) is 5.91 Å². The van der Waals surface area contributed by atoms with Crippen molar-refractivity contribution in [2.24, 2.45) is 0 Å². The van der Waals surface area contributed by atoms with Crippen molar-refractivity contribution >= 4 is 35.1 Å². The number of anilines is 1. The Morgan fingerprint density at radius 2 is 1.94 bits per heavy atom. The monoisotopic (exact) mass is 467 g/mol. The smallest absolute Gasteiger partial charge is 0.236 e. The Bertz CT molecular complexity index is 1220. The molecular weight excluding hydrogens is 446 g/mol. The first-order valence-corrected chi connectivity index (χ1v) is 11.4. The largest absolute Gasteiger partial charge is 0.307 e. The lowest BCUT2D eigenvalue weighted by molar-refractivity contribution is -0.113. The summed E-state index contributed by atoms with van der Waals surface area (Å²) in [6.45, 7) is 5.34. The third-order valence-electron chi connectivity index (χ3n) is 4.67. The van der Waals surface area contributed by atoms with Gasteiger partial charge in [0.15, 0.2) is 11.0 Å². The van der Waals surface area contributed by atoms with E-state index in [1.54, 1.807) is 17.1 Å². The van der Waals surface area contributed by atoms with Gasteiger partial charge >= 0.3 is 0 Å². The number of benzene rings is 1. The molecule has 32 heavy (non-hydrogen) atoms. The van der Waals surface area contributed by atoms with Gasteiger partial charge in [-0.25, -0.2) is 9.97 Å². The SMILES string of the molecule is CCn1cc(-c2ccnc(SCC(=O)Nc3nn(Cc4ccccc4)cc3Cl)n2)c(C)n1. The van der Waals surface area contributed by atoms with E-state index in [2.05, 4.69) is 25.5 Å². The molecule has 8 nitrogen and oxygen atoms in total. The summed E-state index contributed by atoms with van der Waals surface area (Å²) in [5.41, 5.74) is 3.73. The van der Waals surface area contributed by atoms with Gasteiger partial charge in [-0.3, -0.25) is 14.2 Å². The number of aromatic nitrogens is 6. The van der Waals surface area contributed by atoms with Crippen LogP contribution in [-0.4, -0.2) is 41.2 Å². The maximum atomic E-state index is 12.4. The Labute approximate surface area is 195 Å². The van der Waals surface area contributed by atoms with E-state index in [9.17, 15) is 4.79 Å². The molecule has 4 aromatic rings. The van der Waals surface area contributed by atoms with Crippen LogP contribution >= 0.6 is 23.4 Å². The summed E-state index contributed by atoms with van der Waals surface area (Å²) in [5, 5.41) is 12.5. The Morgan fingerprint density at radius 3 is 2.69 bits per heavy atom. The molecule has 0 fully saturated rings. The molecule has 3 heterocycles. The van der Waals surface area contributed by atoms with Crippen LogP contribution in [0.4, 0.5) is 5.82 Å². The maximum Gasteiger partial charge on any atom is 0.236 e. The predicted molar refractivity (Wildman–Crippen MR) is 126 cm³/mol. The normalized spacial score (nSPS) is 11.0. The molecule has 4 rings (SSSR count). The molecule has 0 unspecified atom stereocenters. The molecule has 1 aromatic carbocycles. The summed E-state index contributed by atoms with van der Waals surface area (Å²) in [5.74, 6) is 0.245. The molecule has 0 saturated carbocycles. The lowest BCUT2D eigenvalue weighted by Gasteiger charge is -2.04. The zero-order chi connectivity index (χ0) is 22.5. The Balaban J connectivity index is 1.37. The van der Waals surface area contributed by atoms with Crippen LogP contribution in [0.3, 0.4) is 0 Å². The number of aryl methyl sites for hydroxylation is 2. The molecule has 1 N–H and O–H groups in total. The van der Waals surface area contributed by atoms with Crippen LogP contribution in [-0.2, 0) is 17.9 Å². The molecule has 0 bridgehead atoms. The van der Waals surface area contributed by atoms with Crippen molar-refractivity contribution in [1.29, 1.82) is 0 Å². The van der Waals surface area contributed by atoms with Crippen LogP contribution in [0.2, 0.25) is 5.02 Å². The molecule has 0 aliphatic carbocycles. The molecule has 164 valence electrons. The number of hydrogen-bond acceptors (Lipinski definition) is 6. The Hall–Kier alpha value is -3.17. The van der Waals surface area contributed by atoms with Gasteiger partial charge in [-0.1, -0.05) is 53.7 Å². The van der Waals surface area contributed by atoms with Gasteiger partial charge in [0.25, 0.3) is 0 Å². The van der Waals surface area contributed by atoms with Gasteiger partial charge in [0.05, 0.1) is 23.7 Å². The minimum atomic E-state index is -0.231. The highest BCUT2D eigenvalue weighted by atomic mass is 35.5. The first kappa shape index (κ1) is 22.0. The average Bonchev–Trinajstić information content (AvgIpc) is 3.34. The number of thioether (sulfide) groups is 1. The number of nitrogens with zero attached hydrogens (tertiary/aromatic N) is 6. The zero-order valence-electron chi connectivity index (χ0n) is 17.7. The summed E-state index contributed by atoms with van der Waals surface area (Å²) in [7, 11) is 0. The number of nitrogens with one attached hydrogen (secondary N) is 1. The van der Waals surface area contributed by atoms with E-state index in [-0.39, 0.29) is 11.7 Å². The fourth-order valence-corrected chi connectivity index (χ4v) is 3.95. The lowest BCUT2D eigenvalue weighted by atomic mass is 10.2. The molecule has 0 spiro atoms. The second kappa shape index (κ2) is 9.97. The van der Waals surface area contributed by atoms with E-state index in [1.165, 1.54) is 11.8 Å². The quantitative estimate of drug-likeness (QED) is 0.307. The maximum absolute atomic E-state index is 12.4. The number of halogens is 1. The third-order valence-corrected chi connectivity index (χ3v) is 5.81. The number of carbonyl (C=O) groups is 1. The summed E-state index contributed by atoms with van der Waals surface area (Å²) in [4.78, 5) is 21.3. The lowest BCUT2D eigenvalue weighted by Crippen LogP contribution is -2.15. The van der Waals surface area contributed by atoms with E-state index in [0.29, 0.717) is 22.5 Å². The molecular formula is C22H22ClN7OS.